The van der Waals surface area contributed by atoms with Crippen molar-refractivity contribution in [1.29, 1.82) is 0 Å². The summed E-state index contributed by atoms with van der Waals surface area (Å²) in [6.07, 6.45) is 2.27. The molecule has 1 aromatic carbocycles. The van der Waals surface area contributed by atoms with Crippen LogP contribution in [0.4, 0.5) is 0 Å². The molecule has 8 heteroatoms. The zero-order chi connectivity index (χ0) is 18.7. The van der Waals surface area contributed by atoms with Gasteiger partial charge >= 0.3 is 5.97 Å². The van der Waals surface area contributed by atoms with Gasteiger partial charge in [-0.2, -0.15) is 0 Å². The summed E-state index contributed by atoms with van der Waals surface area (Å²) < 4.78 is 10.9. The van der Waals surface area contributed by atoms with Crippen molar-refractivity contribution in [3.63, 3.8) is 0 Å². The third-order valence-electron chi connectivity index (χ3n) is 3.54. The van der Waals surface area contributed by atoms with E-state index in [4.69, 9.17) is 33.0 Å². The largest absolute Gasteiger partial charge is 0.462 e. The molecule has 2 aromatic rings. The molecule has 1 saturated heterocycles. The number of ether oxygens (including phenoxy) is 1. The first-order chi connectivity index (χ1) is 12.5. The van der Waals surface area contributed by atoms with Crippen LogP contribution in [-0.4, -0.2) is 23.6 Å². The third-order valence-corrected chi connectivity index (χ3v) is 4.08. The van der Waals surface area contributed by atoms with Crippen molar-refractivity contribution in [2.75, 3.05) is 6.61 Å². The Morgan fingerprint density at radius 3 is 2.81 bits per heavy atom. The fourth-order valence-corrected chi connectivity index (χ4v) is 2.72. The summed E-state index contributed by atoms with van der Waals surface area (Å²) in [6.45, 7) is 2.24. The molecule has 1 aliphatic heterocycles. The van der Waals surface area contributed by atoms with Crippen molar-refractivity contribution in [2.24, 2.45) is 0 Å². The molecule has 0 unspecified atom stereocenters. The number of hydrogen-bond donors (Lipinski definition) is 2. The van der Waals surface area contributed by atoms with Crippen molar-refractivity contribution in [3.8, 4) is 11.3 Å². The van der Waals surface area contributed by atoms with Crippen LogP contribution in [0.1, 0.15) is 29.5 Å². The van der Waals surface area contributed by atoms with Gasteiger partial charge in [0.25, 0.3) is 5.91 Å². The highest BCUT2D eigenvalue weighted by atomic mass is 35.5. The van der Waals surface area contributed by atoms with Crippen molar-refractivity contribution in [2.45, 2.75) is 13.3 Å². The highest BCUT2D eigenvalue weighted by Crippen LogP contribution is 2.28. The quantitative estimate of drug-likeness (QED) is 0.462. The van der Waals surface area contributed by atoms with Gasteiger partial charge in [0.2, 0.25) is 0 Å². The Labute approximate surface area is 160 Å². The van der Waals surface area contributed by atoms with Crippen LogP contribution in [0.3, 0.4) is 0 Å². The summed E-state index contributed by atoms with van der Waals surface area (Å²) in [5.41, 5.74) is 1.24. The number of furan rings is 1. The summed E-state index contributed by atoms with van der Waals surface area (Å²) in [4.78, 5) is 23.8. The van der Waals surface area contributed by atoms with Crippen LogP contribution in [0.5, 0.6) is 0 Å². The van der Waals surface area contributed by atoms with Crippen LogP contribution in [0.2, 0.25) is 5.02 Å². The van der Waals surface area contributed by atoms with Crippen LogP contribution in [0.15, 0.2) is 40.4 Å². The minimum atomic E-state index is -0.479. The molecule has 1 fully saturated rings. The van der Waals surface area contributed by atoms with Gasteiger partial charge in [-0.3, -0.25) is 10.1 Å². The van der Waals surface area contributed by atoms with Crippen LogP contribution in [-0.2, 0) is 9.53 Å². The molecule has 2 N–H and O–H groups in total. The fraction of sp³-hybridized carbons (Fsp3) is 0.167. The number of esters is 1. The molecular weight excluding hydrogens is 376 g/mol. The first-order valence-electron chi connectivity index (χ1n) is 7.89. The SMILES string of the molecule is CCCOC(=O)c1cc(-c2ccc(/C=C3/NC(=S)NC3=O)o2)ccc1Cl. The van der Waals surface area contributed by atoms with Crippen LogP contribution in [0.25, 0.3) is 17.4 Å². The molecule has 1 aliphatic rings. The lowest BCUT2D eigenvalue weighted by atomic mass is 10.1. The number of hydrogen-bond acceptors (Lipinski definition) is 5. The highest BCUT2D eigenvalue weighted by Gasteiger charge is 2.21. The fourth-order valence-electron chi connectivity index (χ4n) is 2.32. The van der Waals surface area contributed by atoms with Crippen molar-refractivity contribution >= 4 is 46.9 Å². The predicted molar refractivity (Wildman–Crippen MR) is 102 cm³/mol. The lowest BCUT2D eigenvalue weighted by Gasteiger charge is -2.06. The second kappa shape index (κ2) is 7.72. The monoisotopic (exact) mass is 390 g/mol. The van der Waals surface area contributed by atoms with E-state index in [0.717, 1.165) is 6.42 Å². The van der Waals surface area contributed by atoms with Gasteiger partial charge in [0.1, 0.15) is 17.2 Å². The summed E-state index contributed by atoms with van der Waals surface area (Å²) >= 11 is 11.0. The lowest BCUT2D eigenvalue weighted by molar-refractivity contribution is -0.115. The Balaban J connectivity index is 1.85. The van der Waals surface area contributed by atoms with Gasteiger partial charge in [-0.25, -0.2) is 4.79 Å². The van der Waals surface area contributed by atoms with Crippen molar-refractivity contribution < 1.29 is 18.7 Å². The van der Waals surface area contributed by atoms with Crippen molar-refractivity contribution in [3.05, 3.63) is 52.4 Å². The predicted octanol–water partition coefficient (Wildman–Crippen LogP) is 3.51. The lowest BCUT2D eigenvalue weighted by Crippen LogP contribution is -2.21. The second-order valence-corrected chi connectivity index (χ2v) is 6.31. The Bertz CT molecular complexity index is 920. The number of amides is 1. The molecule has 26 heavy (non-hydrogen) atoms. The number of nitrogens with one attached hydrogen (secondary N) is 2. The Morgan fingerprint density at radius 1 is 1.31 bits per heavy atom. The minimum Gasteiger partial charge on any atom is -0.462 e. The first-order valence-corrected chi connectivity index (χ1v) is 8.67. The van der Waals surface area contributed by atoms with E-state index >= 15 is 0 Å². The number of rotatable bonds is 5. The molecule has 3 rings (SSSR count). The maximum atomic E-state index is 12.1. The van der Waals surface area contributed by atoms with E-state index in [1.54, 1.807) is 36.4 Å². The third kappa shape index (κ3) is 3.95. The highest BCUT2D eigenvalue weighted by molar-refractivity contribution is 7.80. The Kier molecular flexibility index (Phi) is 5.39. The normalized spacial score (nSPS) is 15.1. The molecule has 0 radical (unpaired) electrons. The van der Waals surface area contributed by atoms with Gasteiger partial charge in [0, 0.05) is 11.6 Å². The van der Waals surface area contributed by atoms with Gasteiger partial charge in [0.05, 0.1) is 17.2 Å². The number of carbonyl (C=O) groups excluding carboxylic acids is 2. The summed E-state index contributed by atoms with van der Waals surface area (Å²) in [7, 11) is 0. The summed E-state index contributed by atoms with van der Waals surface area (Å²) in [5.74, 6) is 0.194. The van der Waals surface area contributed by atoms with Gasteiger partial charge in [-0.05, 0) is 49.0 Å². The first kappa shape index (κ1) is 18.2. The van der Waals surface area contributed by atoms with Gasteiger partial charge in [-0.1, -0.05) is 18.5 Å². The van der Waals surface area contributed by atoms with E-state index in [2.05, 4.69) is 10.6 Å². The van der Waals surface area contributed by atoms with Gasteiger partial charge < -0.3 is 14.5 Å². The Morgan fingerprint density at radius 2 is 2.12 bits per heavy atom. The topological polar surface area (TPSA) is 80.6 Å². The molecular formula is C18H15ClN2O4S. The standard InChI is InChI=1S/C18H15ClN2O4S/c1-2-7-24-17(23)12-8-10(3-5-13(12)19)15-6-4-11(25-15)9-14-16(22)21-18(26)20-14/h3-6,8-9H,2,7H2,1H3,(H2,20,21,22,26)/b14-9+. The van der Waals surface area contributed by atoms with E-state index in [9.17, 15) is 9.59 Å². The number of halogens is 1. The molecule has 0 atom stereocenters. The van der Waals surface area contributed by atoms with Crippen LogP contribution >= 0.6 is 23.8 Å². The van der Waals surface area contributed by atoms with E-state index < -0.39 is 5.97 Å². The zero-order valence-corrected chi connectivity index (χ0v) is 15.4. The number of benzene rings is 1. The molecule has 134 valence electrons. The number of thiocarbonyl (C=S) groups is 1. The molecule has 0 saturated carbocycles. The molecule has 2 heterocycles. The van der Waals surface area contributed by atoms with Crippen LogP contribution in [0, 0.1) is 0 Å². The summed E-state index contributed by atoms with van der Waals surface area (Å²) in [6, 6.07) is 8.42. The zero-order valence-electron chi connectivity index (χ0n) is 13.8. The number of carbonyl (C=O) groups is 2. The maximum Gasteiger partial charge on any atom is 0.339 e. The molecule has 0 spiro atoms. The van der Waals surface area contributed by atoms with Crippen LogP contribution < -0.4 is 10.6 Å². The van der Waals surface area contributed by atoms with E-state index in [-0.39, 0.29) is 16.6 Å². The van der Waals surface area contributed by atoms with E-state index in [1.807, 2.05) is 6.92 Å². The maximum absolute atomic E-state index is 12.1. The smallest absolute Gasteiger partial charge is 0.339 e. The Hall–Kier alpha value is -2.64. The average molecular weight is 391 g/mol. The molecule has 1 amide bonds. The van der Waals surface area contributed by atoms with E-state index in [0.29, 0.717) is 34.4 Å². The van der Waals surface area contributed by atoms with Gasteiger partial charge in [0.15, 0.2) is 5.11 Å². The average Bonchev–Trinajstić information content (AvgIpc) is 3.20. The molecule has 1 aromatic heterocycles. The minimum absolute atomic E-state index is 0.251. The molecule has 6 nitrogen and oxygen atoms in total. The second-order valence-electron chi connectivity index (χ2n) is 5.50. The molecule has 0 bridgehead atoms. The van der Waals surface area contributed by atoms with E-state index in [1.165, 1.54) is 0 Å². The van der Waals surface area contributed by atoms with Gasteiger partial charge in [-0.15, -0.1) is 0 Å². The van der Waals surface area contributed by atoms with Crippen molar-refractivity contribution in [1.82, 2.24) is 10.6 Å². The summed E-state index contributed by atoms with van der Waals surface area (Å²) in [5, 5.41) is 5.78. The molecule has 0 aliphatic carbocycles.